The molecule has 2 rings (SSSR count). The lowest BCUT2D eigenvalue weighted by Crippen LogP contribution is -2.38. The van der Waals surface area contributed by atoms with Crippen LogP contribution in [-0.2, 0) is 10.0 Å². The van der Waals surface area contributed by atoms with Crippen LogP contribution in [0.25, 0.3) is 0 Å². The quantitative estimate of drug-likeness (QED) is 0.842. The third kappa shape index (κ3) is 2.65. The highest BCUT2D eigenvalue weighted by atomic mass is 35.5. The predicted octanol–water partition coefficient (Wildman–Crippen LogP) is 2.53. The molecule has 1 unspecified atom stereocenters. The van der Waals surface area contributed by atoms with E-state index in [9.17, 15) is 8.42 Å². The van der Waals surface area contributed by atoms with Crippen LogP contribution in [0.3, 0.4) is 0 Å². The van der Waals surface area contributed by atoms with Crippen molar-refractivity contribution in [2.45, 2.75) is 30.9 Å². The van der Waals surface area contributed by atoms with Gasteiger partial charge in [0.05, 0.1) is 5.69 Å². The summed E-state index contributed by atoms with van der Waals surface area (Å²) in [5.41, 5.74) is 0.498. The fraction of sp³-hybridized carbons (Fsp3) is 0.700. The van der Waals surface area contributed by atoms with Crippen LogP contribution >= 0.6 is 22.9 Å². The SMILES string of the molecule is Cc1nc(Cl)sc1S(=O)(=O)N1CCCC(C)C1. The van der Waals surface area contributed by atoms with Crippen molar-refractivity contribution in [3.8, 4) is 0 Å². The van der Waals surface area contributed by atoms with E-state index in [1.165, 1.54) is 0 Å². The minimum absolute atomic E-state index is 0.283. The zero-order valence-electron chi connectivity index (χ0n) is 9.81. The fourth-order valence-electron chi connectivity index (χ4n) is 2.07. The van der Waals surface area contributed by atoms with Gasteiger partial charge in [-0.3, -0.25) is 0 Å². The largest absolute Gasteiger partial charge is 0.254 e. The Balaban J connectivity index is 2.33. The molecule has 0 saturated carbocycles. The van der Waals surface area contributed by atoms with Gasteiger partial charge in [-0.15, -0.1) is 0 Å². The average Bonchev–Trinajstić information content (AvgIpc) is 2.58. The topological polar surface area (TPSA) is 50.3 Å². The molecule has 1 aromatic heterocycles. The van der Waals surface area contributed by atoms with Gasteiger partial charge in [0.1, 0.15) is 0 Å². The Morgan fingerprint density at radius 1 is 1.53 bits per heavy atom. The van der Waals surface area contributed by atoms with E-state index >= 15 is 0 Å². The third-order valence-electron chi connectivity index (χ3n) is 2.92. The van der Waals surface area contributed by atoms with Gasteiger partial charge >= 0.3 is 0 Å². The molecule has 1 atom stereocenters. The van der Waals surface area contributed by atoms with Crippen LogP contribution in [0.5, 0.6) is 0 Å². The zero-order chi connectivity index (χ0) is 12.6. The third-order valence-corrected chi connectivity index (χ3v) is 6.64. The summed E-state index contributed by atoms with van der Waals surface area (Å²) >= 11 is 6.80. The number of aryl methyl sites for hydroxylation is 1. The standard InChI is InChI=1S/C10H15ClN2O2S2/c1-7-4-3-5-13(6-7)17(14,15)9-8(2)12-10(11)16-9/h7H,3-6H2,1-2H3. The average molecular weight is 295 g/mol. The summed E-state index contributed by atoms with van der Waals surface area (Å²) in [5, 5.41) is 0. The van der Waals surface area contributed by atoms with E-state index in [1.807, 2.05) is 0 Å². The van der Waals surface area contributed by atoms with Crippen molar-refractivity contribution in [2.75, 3.05) is 13.1 Å². The summed E-state index contributed by atoms with van der Waals surface area (Å²) in [6.45, 7) is 4.95. The minimum atomic E-state index is -3.40. The number of nitrogens with zero attached hydrogens (tertiary/aromatic N) is 2. The smallest absolute Gasteiger partial charge is 0.229 e. The van der Waals surface area contributed by atoms with E-state index in [1.54, 1.807) is 11.2 Å². The molecule has 17 heavy (non-hydrogen) atoms. The van der Waals surface area contributed by atoms with Crippen molar-refractivity contribution < 1.29 is 8.42 Å². The van der Waals surface area contributed by atoms with Gasteiger partial charge in [0.15, 0.2) is 8.68 Å². The molecule has 0 spiro atoms. The summed E-state index contributed by atoms with van der Waals surface area (Å²) in [7, 11) is -3.40. The molecule has 2 heterocycles. The Kier molecular flexibility index (Phi) is 3.77. The van der Waals surface area contributed by atoms with E-state index in [0.29, 0.717) is 24.7 Å². The Labute approximate surface area is 111 Å². The monoisotopic (exact) mass is 294 g/mol. The van der Waals surface area contributed by atoms with Crippen molar-refractivity contribution in [1.82, 2.24) is 9.29 Å². The molecule has 1 aromatic rings. The Bertz CT molecular complexity index is 512. The number of thiazole rings is 1. The first-order valence-electron chi connectivity index (χ1n) is 5.54. The van der Waals surface area contributed by atoms with Crippen LogP contribution in [0.15, 0.2) is 4.21 Å². The van der Waals surface area contributed by atoms with Gasteiger partial charge in [-0.2, -0.15) is 4.31 Å². The number of rotatable bonds is 2. The van der Waals surface area contributed by atoms with Gasteiger partial charge in [-0.1, -0.05) is 29.9 Å². The fourth-order valence-corrected chi connectivity index (χ4v) is 5.54. The first-order chi connectivity index (χ1) is 7.91. The Morgan fingerprint density at radius 3 is 2.76 bits per heavy atom. The second-order valence-corrected chi connectivity index (χ2v) is 8.16. The van der Waals surface area contributed by atoms with E-state index in [-0.39, 0.29) is 8.68 Å². The van der Waals surface area contributed by atoms with Gasteiger partial charge in [-0.25, -0.2) is 13.4 Å². The maximum atomic E-state index is 12.4. The maximum absolute atomic E-state index is 12.4. The molecule has 0 N–H and O–H groups in total. The molecule has 96 valence electrons. The molecule has 0 amide bonds. The number of hydrogen-bond donors (Lipinski definition) is 0. The molecule has 1 aliphatic rings. The molecule has 1 aliphatic heterocycles. The van der Waals surface area contributed by atoms with Crippen LogP contribution in [0.4, 0.5) is 0 Å². The van der Waals surface area contributed by atoms with Gasteiger partial charge in [0.2, 0.25) is 0 Å². The van der Waals surface area contributed by atoms with Crippen LogP contribution in [-0.4, -0.2) is 30.8 Å². The molecular weight excluding hydrogens is 280 g/mol. The van der Waals surface area contributed by atoms with Gasteiger partial charge < -0.3 is 0 Å². The molecular formula is C10H15ClN2O2S2. The van der Waals surface area contributed by atoms with E-state index in [0.717, 1.165) is 24.2 Å². The van der Waals surface area contributed by atoms with Crippen molar-refractivity contribution in [1.29, 1.82) is 0 Å². The van der Waals surface area contributed by atoms with Crippen molar-refractivity contribution in [3.63, 3.8) is 0 Å². The number of aromatic nitrogens is 1. The lowest BCUT2D eigenvalue weighted by Gasteiger charge is -2.29. The number of hydrogen-bond acceptors (Lipinski definition) is 4. The highest BCUT2D eigenvalue weighted by molar-refractivity contribution is 7.91. The molecule has 7 heteroatoms. The second-order valence-electron chi connectivity index (χ2n) is 4.45. The van der Waals surface area contributed by atoms with Crippen molar-refractivity contribution in [2.24, 2.45) is 5.92 Å². The lowest BCUT2D eigenvalue weighted by molar-refractivity contribution is 0.281. The van der Waals surface area contributed by atoms with E-state index in [4.69, 9.17) is 11.6 Å². The number of sulfonamides is 1. The normalized spacial score (nSPS) is 22.9. The molecule has 0 aromatic carbocycles. The molecule has 1 fully saturated rings. The maximum Gasteiger partial charge on any atom is 0.254 e. The summed E-state index contributed by atoms with van der Waals surface area (Å²) in [5.74, 6) is 0.419. The van der Waals surface area contributed by atoms with Crippen LogP contribution in [0, 0.1) is 12.8 Å². The van der Waals surface area contributed by atoms with Gasteiger partial charge in [0, 0.05) is 13.1 Å². The van der Waals surface area contributed by atoms with Crippen molar-refractivity contribution in [3.05, 3.63) is 10.2 Å². The van der Waals surface area contributed by atoms with Gasteiger partial charge in [-0.05, 0) is 25.7 Å². The minimum Gasteiger partial charge on any atom is -0.229 e. The summed E-state index contributed by atoms with van der Waals surface area (Å²) in [6, 6.07) is 0. The second kappa shape index (κ2) is 4.84. The van der Waals surface area contributed by atoms with Crippen LogP contribution in [0.2, 0.25) is 4.47 Å². The molecule has 4 nitrogen and oxygen atoms in total. The molecule has 0 bridgehead atoms. The lowest BCUT2D eigenvalue weighted by atomic mass is 10.0. The van der Waals surface area contributed by atoms with E-state index in [2.05, 4.69) is 11.9 Å². The Morgan fingerprint density at radius 2 is 2.24 bits per heavy atom. The van der Waals surface area contributed by atoms with Crippen LogP contribution < -0.4 is 0 Å². The predicted molar refractivity (Wildman–Crippen MR) is 69.0 cm³/mol. The highest BCUT2D eigenvalue weighted by Crippen LogP contribution is 2.31. The zero-order valence-corrected chi connectivity index (χ0v) is 12.2. The molecule has 0 radical (unpaired) electrons. The first-order valence-corrected chi connectivity index (χ1v) is 8.18. The van der Waals surface area contributed by atoms with E-state index < -0.39 is 10.0 Å². The van der Waals surface area contributed by atoms with Crippen molar-refractivity contribution >= 4 is 33.0 Å². The van der Waals surface area contributed by atoms with Gasteiger partial charge in [0.25, 0.3) is 10.0 Å². The summed E-state index contributed by atoms with van der Waals surface area (Å²) < 4.78 is 26.9. The highest BCUT2D eigenvalue weighted by Gasteiger charge is 2.31. The number of halogens is 1. The Hall–Kier alpha value is -0.170. The summed E-state index contributed by atoms with van der Waals surface area (Å²) in [4.78, 5) is 3.97. The molecule has 1 saturated heterocycles. The molecule has 0 aliphatic carbocycles. The first kappa shape index (κ1) is 13.3. The summed E-state index contributed by atoms with van der Waals surface area (Å²) in [6.07, 6.45) is 2.01. The van der Waals surface area contributed by atoms with Crippen LogP contribution in [0.1, 0.15) is 25.5 Å². The number of piperidine rings is 1.